The Labute approximate surface area is 140 Å². The van der Waals surface area contributed by atoms with Gasteiger partial charge in [0.25, 0.3) is 0 Å². The van der Waals surface area contributed by atoms with Crippen LogP contribution in [0.15, 0.2) is 36.5 Å². The first-order valence-corrected chi connectivity index (χ1v) is 7.60. The Morgan fingerprint density at radius 3 is 2.54 bits per heavy atom. The zero-order valence-corrected chi connectivity index (χ0v) is 13.8. The number of ether oxygens (including phenoxy) is 1. The van der Waals surface area contributed by atoms with Gasteiger partial charge in [0, 0.05) is 39.0 Å². The molecule has 0 saturated heterocycles. The fourth-order valence-electron chi connectivity index (χ4n) is 2.27. The van der Waals surface area contributed by atoms with Gasteiger partial charge in [-0.2, -0.15) is 5.10 Å². The predicted octanol–water partition coefficient (Wildman–Crippen LogP) is 1.47. The third-order valence-electron chi connectivity index (χ3n) is 3.65. The Morgan fingerprint density at radius 2 is 1.96 bits per heavy atom. The first kappa shape index (κ1) is 17.5. The lowest BCUT2D eigenvalue weighted by molar-refractivity contribution is -0.139. The number of carboxylic acids is 1. The molecule has 0 saturated carbocycles. The highest BCUT2D eigenvalue weighted by molar-refractivity contribution is 5.76. The summed E-state index contributed by atoms with van der Waals surface area (Å²) in [7, 11) is 3.62. The van der Waals surface area contributed by atoms with Crippen molar-refractivity contribution in [3.05, 3.63) is 47.8 Å². The van der Waals surface area contributed by atoms with Gasteiger partial charge in [-0.3, -0.25) is 9.48 Å². The Bertz CT molecular complexity index is 694. The molecule has 1 aromatic heterocycles. The second-order valence-electron chi connectivity index (χ2n) is 5.52. The number of aryl methyl sites for hydroxylation is 2. The third-order valence-corrected chi connectivity index (χ3v) is 3.65. The minimum atomic E-state index is -1.02. The molecule has 0 aliphatic rings. The smallest absolute Gasteiger partial charge is 0.341 e. The van der Waals surface area contributed by atoms with Gasteiger partial charge < -0.3 is 14.7 Å². The average Bonchev–Trinajstić information content (AvgIpc) is 2.97. The van der Waals surface area contributed by atoms with E-state index >= 15 is 0 Å². The molecule has 0 bridgehead atoms. The molecule has 0 unspecified atom stereocenters. The van der Waals surface area contributed by atoms with E-state index < -0.39 is 5.97 Å². The molecule has 1 aromatic carbocycles. The van der Waals surface area contributed by atoms with Gasteiger partial charge in [-0.15, -0.1) is 0 Å². The van der Waals surface area contributed by atoms with Crippen molar-refractivity contribution >= 4 is 11.9 Å². The van der Waals surface area contributed by atoms with E-state index in [1.807, 2.05) is 25.2 Å². The number of amides is 1. The van der Waals surface area contributed by atoms with Gasteiger partial charge in [0.05, 0.1) is 0 Å². The lowest BCUT2D eigenvalue weighted by Crippen LogP contribution is -2.26. The molecule has 0 spiro atoms. The van der Waals surface area contributed by atoms with Crippen LogP contribution >= 0.6 is 0 Å². The Hall–Kier alpha value is -2.83. The molecule has 0 atom stereocenters. The summed E-state index contributed by atoms with van der Waals surface area (Å²) in [6.45, 7) is 0.120. The van der Waals surface area contributed by atoms with Crippen molar-refractivity contribution < 1.29 is 19.4 Å². The van der Waals surface area contributed by atoms with Gasteiger partial charge in [0.1, 0.15) is 5.75 Å². The van der Waals surface area contributed by atoms with Crippen molar-refractivity contribution in [2.24, 2.45) is 7.05 Å². The molecule has 1 heterocycles. The van der Waals surface area contributed by atoms with Crippen LogP contribution in [0.3, 0.4) is 0 Å². The summed E-state index contributed by atoms with van der Waals surface area (Å²) in [5.74, 6) is -0.466. The van der Waals surface area contributed by atoms with E-state index in [2.05, 4.69) is 5.10 Å². The van der Waals surface area contributed by atoms with Crippen molar-refractivity contribution in [3.63, 3.8) is 0 Å². The largest absolute Gasteiger partial charge is 0.482 e. The number of hydrogen-bond acceptors (Lipinski definition) is 4. The molecule has 1 N–H and O–H groups in total. The summed E-state index contributed by atoms with van der Waals surface area (Å²) in [6, 6.07) is 8.95. The van der Waals surface area contributed by atoms with Crippen molar-refractivity contribution in [1.29, 1.82) is 0 Å². The van der Waals surface area contributed by atoms with Gasteiger partial charge in [-0.1, -0.05) is 12.1 Å². The van der Waals surface area contributed by atoms with Crippen LogP contribution in [0, 0.1) is 0 Å². The van der Waals surface area contributed by atoms with Crippen molar-refractivity contribution in [3.8, 4) is 5.75 Å². The maximum absolute atomic E-state index is 12.2. The van der Waals surface area contributed by atoms with E-state index in [0.29, 0.717) is 25.1 Å². The lowest BCUT2D eigenvalue weighted by atomic mass is 10.2. The van der Waals surface area contributed by atoms with Crippen LogP contribution in [-0.4, -0.2) is 45.3 Å². The highest BCUT2D eigenvalue weighted by atomic mass is 16.5. The van der Waals surface area contributed by atoms with E-state index in [9.17, 15) is 9.59 Å². The molecule has 0 radical (unpaired) electrons. The Morgan fingerprint density at radius 1 is 1.25 bits per heavy atom. The minimum Gasteiger partial charge on any atom is -0.482 e. The summed E-state index contributed by atoms with van der Waals surface area (Å²) < 4.78 is 6.84. The van der Waals surface area contributed by atoms with Crippen LogP contribution in [0.5, 0.6) is 5.75 Å². The summed E-state index contributed by atoms with van der Waals surface area (Å²) in [6.07, 6.45) is 2.80. The number of carbonyl (C=O) groups excluding carboxylic acids is 1. The van der Waals surface area contributed by atoms with Crippen LogP contribution in [0.1, 0.15) is 17.7 Å². The van der Waals surface area contributed by atoms with Crippen LogP contribution in [0.4, 0.5) is 0 Å². The number of carboxylic acid groups (broad SMARTS) is 1. The Kier molecular flexibility index (Phi) is 5.95. The first-order chi connectivity index (χ1) is 11.5. The zero-order valence-electron chi connectivity index (χ0n) is 13.8. The van der Waals surface area contributed by atoms with E-state index in [4.69, 9.17) is 9.84 Å². The molecule has 0 fully saturated rings. The maximum Gasteiger partial charge on any atom is 0.341 e. The van der Waals surface area contributed by atoms with E-state index in [1.54, 1.807) is 35.0 Å². The monoisotopic (exact) mass is 331 g/mol. The standard InChI is InChI=1S/C17H21N3O4/c1-19(16(21)8-5-14-9-10-18-20(14)2)11-13-3-6-15(7-4-13)24-12-17(22)23/h3-4,6-7,9-10H,5,8,11-12H2,1-2H3,(H,22,23). The molecule has 1 amide bonds. The summed E-state index contributed by atoms with van der Waals surface area (Å²) in [5, 5.41) is 12.7. The van der Waals surface area contributed by atoms with Crippen molar-refractivity contribution in [1.82, 2.24) is 14.7 Å². The Balaban J connectivity index is 1.82. The van der Waals surface area contributed by atoms with Crippen LogP contribution in [-0.2, 0) is 29.6 Å². The maximum atomic E-state index is 12.2. The second-order valence-corrected chi connectivity index (χ2v) is 5.52. The zero-order chi connectivity index (χ0) is 17.5. The lowest BCUT2D eigenvalue weighted by Gasteiger charge is -2.17. The van der Waals surface area contributed by atoms with Gasteiger partial charge in [-0.25, -0.2) is 4.79 Å². The fraction of sp³-hybridized carbons (Fsp3) is 0.353. The van der Waals surface area contributed by atoms with Gasteiger partial charge in [0.2, 0.25) is 5.91 Å². The number of carbonyl (C=O) groups is 2. The SMILES string of the molecule is CN(Cc1ccc(OCC(=O)O)cc1)C(=O)CCc1ccnn1C. The van der Waals surface area contributed by atoms with Crippen LogP contribution in [0.25, 0.3) is 0 Å². The molecule has 128 valence electrons. The molecule has 24 heavy (non-hydrogen) atoms. The van der Waals surface area contributed by atoms with E-state index in [1.165, 1.54) is 0 Å². The third kappa shape index (κ3) is 5.12. The van der Waals surface area contributed by atoms with E-state index in [-0.39, 0.29) is 12.5 Å². The highest BCUT2D eigenvalue weighted by Gasteiger charge is 2.11. The van der Waals surface area contributed by atoms with Crippen molar-refractivity contribution in [2.75, 3.05) is 13.7 Å². The topological polar surface area (TPSA) is 84.7 Å². The van der Waals surface area contributed by atoms with E-state index in [0.717, 1.165) is 11.3 Å². The second kappa shape index (κ2) is 8.14. The molecule has 0 aliphatic carbocycles. The number of nitrogens with zero attached hydrogens (tertiary/aromatic N) is 3. The normalized spacial score (nSPS) is 10.4. The minimum absolute atomic E-state index is 0.0578. The van der Waals surface area contributed by atoms with Gasteiger partial charge >= 0.3 is 5.97 Å². The number of aromatic nitrogens is 2. The average molecular weight is 331 g/mol. The number of rotatable bonds is 8. The van der Waals surface area contributed by atoms with Crippen LogP contribution < -0.4 is 4.74 Å². The number of benzene rings is 1. The fourth-order valence-corrected chi connectivity index (χ4v) is 2.27. The number of hydrogen-bond donors (Lipinski definition) is 1. The molecule has 0 aliphatic heterocycles. The molecular formula is C17H21N3O4. The molecular weight excluding hydrogens is 310 g/mol. The summed E-state index contributed by atoms with van der Waals surface area (Å²) in [5.41, 5.74) is 1.98. The molecule has 2 rings (SSSR count). The van der Waals surface area contributed by atoms with Crippen LogP contribution in [0.2, 0.25) is 0 Å². The molecule has 2 aromatic rings. The van der Waals surface area contributed by atoms with Crippen molar-refractivity contribution in [2.45, 2.75) is 19.4 Å². The molecule has 7 nitrogen and oxygen atoms in total. The quantitative estimate of drug-likeness (QED) is 0.792. The summed E-state index contributed by atoms with van der Waals surface area (Å²) >= 11 is 0. The van der Waals surface area contributed by atoms with Gasteiger partial charge in [0.15, 0.2) is 6.61 Å². The van der Waals surface area contributed by atoms with Gasteiger partial charge in [-0.05, 0) is 30.2 Å². The predicted molar refractivity (Wildman–Crippen MR) is 87.6 cm³/mol. The summed E-state index contributed by atoms with van der Waals surface area (Å²) in [4.78, 5) is 24.3. The first-order valence-electron chi connectivity index (χ1n) is 7.60. The number of aliphatic carboxylic acids is 1. The molecule has 7 heteroatoms. The highest BCUT2D eigenvalue weighted by Crippen LogP contribution is 2.14.